The summed E-state index contributed by atoms with van der Waals surface area (Å²) in [5.41, 5.74) is 1.17. The van der Waals surface area contributed by atoms with Gasteiger partial charge in [0, 0.05) is 11.2 Å². The fourth-order valence-corrected chi connectivity index (χ4v) is 2.05. The van der Waals surface area contributed by atoms with Crippen molar-refractivity contribution in [1.82, 2.24) is 5.32 Å². The molecule has 0 aliphatic heterocycles. The minimum Gasteiger partial charge on any atom is -0.480 e. The topological polar surface area (TPSA) is 66.4 Å². The van der Waals surface area contributed by atoms with E-state index >= 15 is 0 Å². The van der Waals surface area contributed by atoms with E-state index in [1.54, 1.807) is 13.8 Å². The summed E-state index contributed by atoms with van der Waals surface area (Å²) in [6.45, 7) is 3.33. The molecule has 2 N–H and O–H groups in total. The number of hydrogen-bond acceptors (Lipinski definition) is 3. The standard InChI is InChI=1S/C15H21NO3S/c1-15(2,20)13(14(18)19)16-12(17)10-6-9-11-7-4-3-5-8-11/h3-5,7-8,13,20H,6,9-10H2,1-2H3,(H,16,17)(H,18,19)/t13-/m1/s1. The van der Waals surface area contributed by atoms with Crippen molar-refractivity contribution < 1.29 is 14.7 Å². The van der Waals surface area contributed by atoms with Gasteiger partial charge in [0.1, 0.15) is 6.04 Å². The Kier molecular flexibility index (Phi) is 6.07. The van der Waals surface area contributed by atoms with E-state index < -0.39 is 16.8 Å². The monoisotopic (exact) mass is 295 g/mol. The van der Waals surface area contributed by atoms with Crippen molar-refractivity contribution in [1.29, 1.82) is 0 Å². The number of carbonyl (C=O) groups is 2. The Bertz CT molecular complexity index is 454. The van der Waals surface area contributed by atoms with Crippen molar-refractivity contribution in [2.75, 3.05) is 0 Å². The molecule has 0 aliphatic carbocycles. The summed E-state index contributed by atoms with van der Waals surface area (Å²) in [4.78, 5) is 22.9. The molecule has 0 aliphatic rings. The van der Waals surface area contributed by atoms with Crippen molar-refractivity contribution in [3.05, 3.63) is 35.9 Å². The van der Waals surface area contributed by atoms with E-state index in [0.717, 1.165) is 6.42 Å². The van der Waals surface area contributed by atoms with Gasteiger partial charge in [-0.25, -0.2) is 4.79 Å². The lowest BCUT2D eigenvalue weighted by Gasteiger charge is -2.26. The molecule has 1 aromatic rings. The number of carboxylic acid groups (broad SMARTS) is 1. The number of carboxylic acids is 1. The first-order valence-corrected chi connectivity index (χ1v) is 7.04. The van der Waals surface area contributed by atoms with Gasteiger partial charge in [-0.05, 0) is 32.3 Å². The average molecular weight is 295 g/mol. The predicted octanol–water partition coefficient (Wildman–Crippen LogP) is 2.29. The molecule has 0 unspecified atom stereocenters. The molecule has 1 rings (SSSR count). The number of thiol groups is 1. The highest BCUT2D eigenvalue weighted by Gasteiger charge is 2.33. The van der Waals surface area contributed by atoms with E-state index in [2.05, 4.69) is 17.9 Å². The van der Waals surface area contributed by atoms with Crippen molar-refractivity contribution >= 4 is 24.5 Å². The number of benzene rings is 1. The summed E-state index contributed by atoms with van der Waals surface area (Å²) < 4.78 is -0.805. The highest BCUT2D eigenvalue weighted by molar-refractivity contribution is 7.81. The van der Waals surface area contributed by atoms with Crippen molar-refractivity contribution in [3.63, 3.8) is 0 Å². The van der Waals surface area contributed by atoms with Crippen LogP contribution in [0.25, 0.3) is 0 Å². The van der Waals surface area contributed by atoms with E-state index in [4.69, 9.17) is 5.11 Å². The molecule has 1 atom stereocenters. The zero-order valence-corrected chi connectivity index (χ0v) is 12.7. The second-order valence-corrected chi connectivity index (χ2v) is 6.48. The quantitative estimate of drug-likeness (QED) is 0.676. The lowest BCUT2D eigenvalue weighted by molar-refractivity contribution is -0.142. The number of aryl methyl sites for hydroxylation is 1. The molecule has 0 saturated carbocycles. The second kappa shape index (κ2) is 7.33. The number of rotatable bonds is 7. The highest BCUT2D eigenvalue weighted by Crippen LogP contribution is 2.18. The second-order valence-electron chi connectivity index (χ2n) is 5.33. The van der Waals surface area contributed by atoms with E-state index in [9.17, 15) is 9.59 Å². The molecule has 1 amide bonds. The third-order valence-corrected chi connectivity index (χ3v) is 3.23. The van der Waals surface area contributed by atoms with Gasteiger partial charge in [-0.2, -0.15) is 12.6 Å². The fraction of sp³-hybridized carbons (Fsp3) is 0.467. The molecule has 5 heteroatoms. The van der Waals surface area contributed by atoms with Crippen LogP contribution in [-0.4, -0.2) is 27.8 Å². The molecular weight excluding hydrogens is 274 g/mol. The normalized spacial score (nSPS) is 12.8. The first-order valence-electron chi connectivity index (χ1n) is 6.59. The van der Waals surface area contributed by atoms with Crippen LogP contribution in [0, 0.1) is 0 Å². The highest BCUT2D eigenvalue weighted by atomic mass is 32.1. The fourth-order valence-electron chi connectivity index (χ4n) is 1.87. The van der Waals surface area contributed by atoms with Gasteiger partial charge in [0.25, 0.3) is 0 Å². The number of hydrogen-bond donors (Lipinski definition) is 3. The number of amides is 1. The summed E-state index contributed by atoms with van der Waals surface area (Å²) >= 11 is 4.22. The van der Waals surface area contributed by atoms with E-state index in [-0.39, 0.29) is 5.91 Å². The van der Waals surface area contributed by atoms with Crippen LogP contribution in [0.3, 0.4) is 0 Å². The minimum atomic E-state index is -1.07. The van der Waals surface area contributed by atoms with Crippen molar-refractivity contribution in [2.24, 2.45) is 0 Å². The SMILES string of the molecule is CC(C)(S)[C@H](NC(=O)CCCc1ccccc1)C(=O)O. The van der Waals surface area contributed by atoms with Crippen LogP contribution in [0.4, 0.5) is 0 Å². The maximum atomic E-state index is 11.8. The zero-order chi connectivity index (χ0) is 15.2. The molecule has 0 bridgehead atoms. The van der Waals surface area contributed by atoms with E-state index in [1.165, 1.54) is 5.56 Å². The van der Waals surface area contributed by atoms with Gasteiger partial charge in [0.2, 0.25) is 5.91 Å². The Balaban J connectivity index is 2.41. The Labute approximate surface area is 125 Å². The van der Waals surface area contributed by atoms with Crippen molar-refractivity contribution in [2.45, 2.75) is 43.9 Å². The van der Waals surface area contributed by atoms with Gasteiger partial charge < -0.3 is 10.4 Å². The van der Waals surface area contributed by atoms with Gasteiger partial charge in [-0.3, -0.25) is 4.79 Å². The van der Waals surface area contributed by atoms with Gasteiger partial charge in [0.05, 0.1) is 0 Å². The maximum absolute atomic E-state index is 11.8. The summed E-state index contributed by atoms with van der Waals surface area (Å²) in [5.74, 6) is -1.32. The van der Waals surface area contributed by atoms with Gasteiger partial charge >= 0.3 is 5.97 Å². The zero-order valence-electron chi connectivity index (χ0n) is 11.8. The Morgan fingerprint density at radius 3 is 2.40 bits per heavy atom. The van der Waals surface area contributed by atoms with E-state index in [0.29, 0.717) is 12.8 Å². The Morgan fingerprint density at radius 1 is 1.30 bits per heavy atom. The molecule has 20 heavy (non-hydrogen) atoms. The van der Waals surface area contributed by atoms with Crippen LogP contribution < -0.4 is 5.32 Å². The number of aliphatic carboxylic acids is 1. The smallest absolute Gasteiger partial charge is 0.327 e. The minimum absolute atomic E-state index is 0.254. The van der Waals surface area contributed by atoms with Crippen LogP contribution in [0.15, 0.2) is 30.3 Å². The Morgan fingerprint density at radius 2 is 1.90 bits per heavy atom. The summed E-state index contributed by atoms with van der Waals surface area (Å²) in [6, 6.07) is 8.89. The molecular formula is C15H21NO3S. The van der Waals surface area contributed by atoms with Gasteiger partial charge in [-0.15, -0.1) is 0 Å². The summed E-state index contributed by atoms with van der Waals surface area (Å²) in [5, 5.41) is 11.6. The molecule has 0 heterocycles. The molecule has 0 saturated heterocycles. The third-order valence-electron chi connectivity index (χ3n) is 2.97. The average Bonchev–Trinajstić information content (AvgIpc) is 2.35. The van der Waals surface area contributed by atoms with E-state index in [1.807, 2.05) is 30.3 Å². The molecule has 0 radical (unpaired) electrons. The first-order chi connectivity index (χ1) is 9.30. The molecule has 110 valence electrons. The van der Waals surface area contributed by atoms with Crippen LogP contribution >= 0.6 is 12.6 Å². The predicted molar refractivity (Wildman–Crippen MR) is 82.0 cm³/mol. The first kappa shape index (κ1) is 16.6. The largest absolute Gasteiger partial charge is 0.480 e. The maximum Gasteiger partial charge on any atom is 0.327 e. The lowest BCUT2D eigenvalue weighted by Crippen LogP contribution is -2.51. The number of nitrogens with one attached hydrogen (secondary N) is 1. The number of carbonyl (C=O) groups excluding carboxylic acids is 1. The lowest BCUT2D eigenvalue weighted by atomic mass is 10.0. The van der Waals surface area contributed by atoms with Crippen molar-refractivity contribution in [3.8, 4) is 0 Å². The molecule has 0 fully saturated rings. The van der Waals surface area contributed by atoms with Gasteiger partial charge in [0.15, 0.2) is 0 Å². The molecule has 0 aromatic heterocycles. The molecule has 0 spiro atoms. The van der Waals surface area contributed by atoms with Crippen LogP contribution in [0.1, 0.15) is 32.3 Å². The molecule has 1 aromatic carbocycles. The van der Waals surface area contributed by atoms with Crippen LogP contribution in [0.5, 0.6) is 0 Å². The van der Waals surface area contributed by atoms with Crippen LogP contribution in [-0.2, 0) is 16.0 Å². The van der Waals surface area contributed by atoms with Gasteiger partial charge in [-0.1, -0.05) is 30.3 Å². The van der Waals surface area contributed by atoms with Crippen LogP contribution in [0.2, 0.25) is 0 Å². The summed E-state index contributed by atoms with van der Waals surface area (Å²) in [6.07, 6.45) is 1.80. The summed E-state index contributed by atoms with van der Waals surface area (Å²) in [7, 11) is 0. The Hall–Kier alpha value is -1.49. The third kappa shape index (κ3) is 5.65. The molecule has 4 nitrogen and oxygen atoms in total.